The fraction of sp³-hybridized carbons (Fsp3) is 0.0870. The molecule has 1 heterocycles. The van der Waals surface area contributed by atoms with Crippen molar-refractivity contribution < 1.29 is 14.7 Å². The molecule has 0 bridgehead atoms. The molecule has 4 rings (SSSR count). The van der Waals surface area contributed by atoms with E-state index in [0.717, 1.165) is 28.8 Å². The monoisotopic (exact) mass is 463 g/mol. The molecule has 3 aromatic rings. The number of carbonyl (C=O) groups is 2. The van der Waals surface area contributed by atoms with Gasteiger partial charge in [-0.25, -0.2) is 10.2 Å². The largest absolute Gasteiger partial charge is 0.478 e. The lowest BCUT2D eigenvalue weighted by atomic mass is 10.1. The highest BCUT2D eigenvalue weighted by molar-refractivity contribution is 9.10. The van der Waals surface area contributed by atoms with E-state index in [-0.39, 0.29) is 11.5 Å². The number of anilines is 1. The maximum Gasteiger partial charge on any atom is 0.335 e. The average molecular weight is 464 g/mol. The highest BCUT2D eigenvalue weighted by Crippen LogP contribution is 2.29. The number of aromatic carboxylic acids is 1. The van der Waals surface area contributed by atoms with Crippen LogP contribution in [0.25, 0.3) is 0 Å². The molecule has 1 aliphatic rings. The van der Waals surface area contributed by atoms with Gasteiger partial charge in [-0.1, -0.05) is 34.1 Å². The standard InChI is InChI=1S/C23H18BrN3O3/c24-20-7-9-21(10-8-20)27-13-18-6-5-17(11-19(18)14-27)22(28)26-25-12-15-1-3-16(4-2-15)23(29)30/h1-12H,13-14H2,(H,26,28)(H,29,30)/b25-12-. The van der Waals surface area contributed by atoms with Crippen LogP contribution in [0.4, 0.5) is 5.69 Å². The molecule has 7 heteroatoms. The average Bonchev–Trinajstić information content (AvgIpc) is 3.18. The van der Waals surface area contributed by atoms with Crippen molar-refractivity contribution in [3.8, 4) is 0 Å². The molecule has 0 aliphatic carbocycles. The minimum Gasteiger partial charge on any atom is -0.478 e. The van der Waals surface area contributed by atoms with Gasteiger partial charge in [-0.05, 0) is 65.2 Å². The van der Waals surface area contributed by atoms with Crippen LogP contribution in [-0.2, 0) is 13.1 Å². The number of fused-ring (bicyclic) bond motifs is 1. The van der Waals surface area contributed by atoms with Crippen molar-refractivity contribution in [3.05, 3.63) is 99.0 Å². The Morgan fingerprint density at radius 3 is 2.30 bits per heavy atom. The Morgan fingerprint density at radius 2 is 1.60 bits per heavy atom. The molecule has 0 fully saturated rings. The van der Waals surface area contributed by atoms with Gasteiger partial charge in [0.15, 0.2) is 0 Å². The molecule has 1 amide bonds. The molecule has 30 heavy (non-hydrogen) atoms. The topological polar surface area (TPSA) is 82.0 Å². The van der Waals surface area contributed by atoms with E-state index in [2.05, 4.69) is 43.5 Å². The number of nitrogens with zero attached hydrogens (tertiary/aromatic N) is 2. The van der Waals surface area contributed by atoms with Crippen molar-refractivity contribution in [2.45, 2.75) is 13.1 Å². The van der Waals surface area contributed by atoms with Crippen molar-refractivity contribution in [3.63, 3.8) is 0 Å². The number of carbonyl (C=O) groups excluding carboxylic acids is 1. The molecule has 0 saturated carbocycles. The molecule has 0 aromatic heterocycles. The summed E-state index contributed by atoms with van der Waals surface area (Å²) in [5, 5.41) is 12.9. The second-order valence-electron chi connectivity index (χ2n) is 6.94. The molecule has 150 valence electrons. The molecule has 3 aromatic carbocycles. The predicted molar refractivity (Wildman–Crippen MR) is 119 cm³/mol. The van der Waals surface area contributed by atoms with E-state index >= 15 is 0 Å². The normalized spacial score (nSPS) is 12.8. The van der Waals surface area contributed by atoms with Gasteiger partial charge in [0.25, 0.3) is 5.91 Å². The van der Waals surface area contributed by atoms with E-state index in [1.807, 2.05) is 24.3 Å². The third kappa shape index (κ3) is 4.41. The second-order valence-corrected chi connectivity index (χ2v) is 7.86. The lowest BCUT2D eigenvalue weighted by Crippen LogP contribution is -2.18. The van der Waals surface area contributed by atoms with Crippen LogP contribution in [0.1, 0.15) is 37.4 Å². The molecule has 0 radical (unpaired) electrons. The zero-order valence-corrected chi connectivity index (χ0v) is 17.5. The number of nitrogens with one attached hydrogen (secondary N) is 1. The van der Waals surface area contributed by atoms with Crippen molar-refractivity contribution in [1.82, 2.24) is 5.43 Å². The number of hydrazone groups is 1. The van der Waals surface area contributed by atoms with Crippen LogP contribution in [-0.4, -0.2) is 23.2 Å². The van der Waals surface area contributed by atoms with Crippen LogP contribution >= 0.6 is 15.9 Å². The van der Waals surface area contributed by atoms with E-state index in [1.165, 1.54) is 23.9 Å². The van der Waals surface area contributed by atoms with E-state index in [1.54, 1.807) is 18.2 Å². The Hall–Kier alpha value is -3.45. The fourth-order valence-electron chi connectivity index (χ4n) is 3.31. The zero-order chi connectivity index (χ0) is 21.1. The molecular formula is C23H18BrN3O3. The summed E-state index contributed by atoms with van der Waals surface area (Å²) >= 11 is 3.45. The molecule has 0 unspecified atom stereocenters. The van der Waals surface area contributed by atoms with Gasteiger partial charge in [0.2, 0.25) is 0 Å². The third-order valence-corrected chi connectivity index (χ3v) is 5.45. The van der Waals surface area contributed by atoms with Crippen molar-refractivity contribution in [2.24, 2.45) is 5.10 Å². The lowest BCUT2D eigenvalue weighted by Gasteiger charge is -2.17. The molecular weight excluding hydrogens is 446 g/mol. The fourth-order valence-corrected chi connectivity index (χ4v) is 3.58. The Morgan fingerprint density at radius 1 is 0.933 bits per heavy atom. The van der Waals surface area contributed by atoms with E-state index < -0.39 is 5.97 Å². The van der Waals surface area contributed by atoms with Crippen molar-refractivity contribution in [1.29, 1.82) is 0 Å². The molecule has 0 spiro atoms. The van der Waals surface area contributed by atoms with Gasteiger partial charge < -0.3 is 10.0 Å². The van der Waals surface area contributed by atoms with Crippen molar-refractivity contribution >= 4 is 39.7 Å². The number of carboxylic acid groups (broad SMARTS) is 1. The smallest absolute Gasteiger partial charge is 0.335 e. The Bertz CT molecular complexity index is 1130. The number of hydrogen-bond acceptors (Lipinski definition) is 4. The Kier molecular flexibility index (Phi) is 5.63. The molecule has 1 aliphatic heterocycles. The second kappa shape index (κ2) is 8.51. The maximum atomic E-state index is 12.4. The summed E-state index contributed by atoms with van der Waals surface area (Å²) in [5.41, 5.74) is 7.43. The number of amides is 1. The highest BCUT2D eigenvalue weighted by atomic mass is 79.9. The van der Waals surface area contributed by atoms with E-state index in [9.17, 15) is 9.59 Å². The van der Waals surface area contributed by atoms with Crippen LogP contribution in [0.2, 0.25) is 0 Å². The molecule has 6 nitrogen and oxygen atoms in total. The number of rotatable bonds is 5. The SMILES string of the molecule is O=C(O)c1ccc(/C=N\NC(=O)c2ccc3c(c2)CN(c2ccc(Br)cc2)C3)cc1. The quantitative estimate of drug-likeness (QED) is 0.433. The summed E-state index contributed by atoms with van der Waals surface area (Å²) in [4.78, 5) is 25.6. The summed E-state index contributed by atoms with van der Waals surface area (Å²) in [7, 11) is 0. The minimum atomic E-state index is -0.984. The number of carboxylic acids is 1. The number of hydrogen-bond donors (Lipinski definition) is 2. The number of halogens is 1. The van der Waals surface area contributed by atoms with Gasteiger partial charge >= 0.3 is 5.97 Å². The summed E-state index contributed by atoms with van der Waals surface area (Å²) in [5.74, 6) is -1.28. The minimum absolute atomic E-state index is 0.200. The van der Waals surface area contributed by atoms with Gasteiger partial charge in [0.1, 0.15) is 0 Å². The van der Waals surface area contributed by atoms with Crippen LogP contribution in [0.3, 0.4) is 0 Å². The van der Waals surface area contributed by atoms with Gasteiger partial charge in [-0.2, -0.15) is 5.10 Å². The Labute approximate surface area is 182 Å². The summed E-state index contributed by atoms with van der Waals surface area (Å²) in [6.45, 7) is 1.56. The van der Waals surface area contributed by atoms with Crippen molar-refractivity contribution in [2.75, 3.05) is 4.90 Å². The molecule has 0 saturated heterocycles. The molecule has 2 N–H and O–H groups in total. The van der Waals surface area contributed by atoms with Gasteiger partial charge in [-0.15, -0.1) is 0 Å². The zero-order valence-electron chi connectivity index (χ0n) is 15.9. The van der Waals surface area contributed by atoms with Crippen LogP contribution in [0.5, 0.6) is 0 Å². The van der Waals surface area contributed by atoms with Crippen LogP contribution < -0.4 is 10.3 Å². The predicted octanol–water partition coefficient (Wildman–Crippen LogP) is 4.43. The first-order valence-corrected chi connectivity index (χ1v) is 10.1. The maximum absolute atomic E-state index is 12.4. The highest BCUT2D eigenvalue weighted by Gasteiger charge is 2.20. The third-order valence-electron chi connectivity index (χ3n) is 4.92. The first kappa shape index (κ1) is 19.8. The summed E-state index contributed by atoms with van der Waals surface area (Å²) in [6, 6.07) is 20.1. The number of benzene rings is 3. The van der Waals surface area contributed by atoms with Crippen LogP contribution in [0, 0.1) is 0 Å². The Balaban J connectivity index is 1.40. The molecule has 0 atom stereocenters. The summed E-state index contributed by atoms with van der Waals surface area (Å²) < 4.78 is 1.04. The van der Waals surface area contributed by atoms with Crippen LogP contribution in [0.15, 0.2) is 76.3 Å². The lowest BCUT2D eigenvalue weighted by molar-refractivity contribution is 0.0696. The van der Waals surface area contributed by atoms with Gasteiger partial charge in [-0.3, -0.25) is 4.79 Å². The van der Waals surface area contributed by atoms with Gasteiger partial charge in [0, 0.05) is 28.8 Å². The van der Waals surface area contributed by atoms with E-state index in [4.69, 9.17) is 5.11 Å². The van der Waals surface area contributed by atoms with Gasteiger partial charge in [0.05, 0.1) is 11.8 Å². The first-order chi connectivity index (χ1) is 14.5. The summed E-state index contributed by atoms with van der Waals surface area (Å²) in [6.07, 6.45) is 1.48. The first-order valence-electron chi connectivity index (χ1n) is 9.29. The van der Waals surface area contributed by atoms with E-state index in [0.29, 0.717) is 11.1 Å².